The van der Waals surface area contributed by atoms with Crippen molar-refractivity contribution in [2.24, 2.45) is 0 Å². The Morgan fingerprint density at radius 3 is 2.74 bits per heavy atom. The second kappa shape index (κ2) is 9.06. The number of nitrogens with zero attached hydrogens (tertiary/aromatic N) is 1. The van der Waals surface area contributed by atoms with Crippen LogP contribution in [0.4, 0.5) is 0 Å². The maximum Gasteiger partial charge on any atom is 0.271 e. The zero-order valence-electron chi connectivity index (χ0n) is 15.0. The molecule has 3 N–H and O–H groups in total. The van der Waals surface area contributed by atoms with Crippen molar-refractivity contribution in [2.45, 2.75) is 25.8 Å². The number of amides is 2. The number of hydrogen-bond donors (Lipinski definition) is 3. The fourth-order valence-corrected chi connectivity index (χ4v) is 2.41. The molecule has 0 atom stereocenters. The SMILES string of the molecule is CC(C)(C#CCNC(=O)Cc1cc(Cl)ccc1O)NC(=O)c1ccccn1. The van der Waals surface area contributed by atoms with E-state index in [1.54, 1.807) is 50.4 Å². The summed E-state index contributed by atoms with van der Waals surface area (Å²) in [5, 5.41) is 15.6. The lowest BCUT2D eigenvalue weighted by Gasteiger charge is -2.19. The summed E-state index contributed by atoms with van der Waals surface area (Å²) in [5.74, 6) is 5.12. The monoisotopic (exact) mass is 385 g/mol. The second-order valence-corrected chi connectivity index (χ2v) is 6.76. The van der Waals surface area contributed by atoms with Crippen LogP contribution < -0.4 is 10.6 Å². The van der Waals surface area contributed by atoms with Crippen LogP contribution in [0.25, 0.3) is 0 Å². The highest BCUT2D eigenvalue weighted by atomic mass is 35.5. The Morgan fingerprint density at radius 2 is 2.04 bits per heavy atom. The van der Waals surface area contributed by atoms with Gasteiger partial charge >= 0.3 is 0 Å². The average Bonchev–Trinajstić information content (AvgIpc) is 2.62. The van der Waals surface area contributed by atoms with Crippen LogP contribution >= 0.6 is 11.6 Å². The van der Waals surface area contributed by atoms with E-state index < -0.39 is 5.54 Å². The summed E-state index contributed by atoms with van der Waals surface area (Å²) < 4.78 is 0. The average molecular weight is 386 g/mol. The van der Waals surface area contributed by atoms with E-state index in [2.05, 4.69) is 27.5 Å². The first-order valence-corrected chi connectivity index (χ1v) is 8.62. The number of hydrogen-bond acceptors (Lipinski definition) is 4. The molecule has 27 heavy (non-hydrogen) atoms. The Hall–Kier alpha value is -3.04. The third-order valence-electron chi connectivity index (χ3n) is 3.49. The van der Waals surface area contributed by atoms with Gasteiger partial charge in [0.1, 0.15) is 11.4 Å². The Balaban J connectivity index is 1.85. The Bertz CT molecular complexity index is 886. The van der Waals surface area contributed by atoms with E-state index in [1.165, 1.54) is 6.07 Å². The van der Waals surface area contributed by atoms with Crippen LogP contribution in [0.1, 0.15) is 29.9 Å². The van der Waals surface area contributed by atoms with Gasteiger partial charge in [-0.15, -0.1) is 0 Å². The van der Waals surface area contributed by atoms with Crippen molar-refractivity contribution in [2.75, 3.05) is 6.54 Å². The normalized spacial score (nSPS) is 10.5. The Morgan fingerprint density at radius 1 is 1.26 bits per heavy atom. The number of carbonyl (C=O) groups excluding carboxylic acids is 2. The number of rotatable bonds is 5. The number of halogens is 1. The van der Waals surface area contributed by atoms with E-state index in [0.717, 1.165) is 0 Å². The maximum absolute atomic E-state index is 12.1. The lowest BCUT2D eigenvalue weighted by atomic mass is 10.1. The molecule has 0 saturated carbocycles. The van der Waals surface area contributed by atoms with Crippen LogP contribution in [0.2, 0.25) is 5.02 Å². The minimum atomic E-state index is -0.787. The highest BCUT2D eigenvalue weighted by molar-refractivity contribution is 6.30. The van der Waals surface area contributed by atoms with Gasteiger partial charge in [-0.05, 0) is 44.2 Å². The molecule has 6 nitrogen and oxygen atoms in total. The highest BCUT2D eigenvalue weighted by Gasteiger charge is 2.19. The minimum absolute atomic E-state index is 0.00607. The van der Waals surface area contributed by atoms with E-state index in [1.807, 2.05) is 0 Å². The number of phenols is 1. The molecule has 0 radical (unpaired) electrons. The van der Waals surface area contributed by atoms with Crippen molar-refractivity contribution in [3.05, 3.63) is 58.9 Å². The van der Waals surface area contributed by atoms with Crippen LogP contribution in [-0.4, -0.2) is 34.0 Å². The number of phenolic OH excluding ortho intramolecular Hbond substituents is 1. The minimum Gasteiger partial charge on any atom is -0.508 e. The molecule has 140 valence electrons. The van der Waals surface area contributed by atoms with Gasteiger partial charge in [0.15, 0.2) is 0 Å². The summed E-state index contributed by atoms with van der Waals surface area (Å²) in [6.45, 7) is 3.63. The van der Waals surface area contributed by atoms with Crippen molar-refractivity contribution < 1.29 is 14.7 Å². The molecule has 0 fully saturated rings. The molecule has 1 aromatic heterocycles. The molecule has 1 heterocycles. The zero-order valence-corrected chi connectivity index (χ0v) is 15.8. The van der Waals surface area contributed by atoms with E-state index in [4.69, 9.17) is 11.6 Å². The van der Waals surface area contributed by atoms with Gasteiger partial charge in [0.25, 0.3) is 5.91 Å². The second-order valence-electron chi connectivity index (χ2n) is 6.32. The number of aromatic hydroxyl groups is 1. The van der Waals surface area contributed by atoms with Crippen LogP contribution in [0.5, 0.6) is 5.75 Å². The third-order valence-corrected chi connectivity index (χ3v) is 3.73. The van der Waals surface area contributed by atoms with Gasteiger partial charge in [-0.1, -0.05) is 29.5 Å². The fraction of sp³-hybridized carbons (Fsp3) is 0.250. The summed E-state index contributed by atoms with van der Waals surface area (Å²) in [4.78, 5) is 28.1. The maximum atomic E-state index is 12.1. The lowest BCUT2D eigenvalue weighted by molar-refractivity contribution is -0.120. The molecule has 0 aliphatic heterocycles. The number of pyridine rings is 1. The zero-order chi connectivity index (χ0) is 19.9. The highest BCUT2D eigenvalue weighted by Crippen LogP contribution is 2.21. The van der Waals surface area contributed by atoms with Crippen molar-refractivity contribution in [1.29, 1.82) is 0 Å². The molecule has 0 unspecified atom stereocenters. The standard InChI is InChI=1S/C20H20ClN3O3/c1-20(2,24-19(27)16-6-3-4-10-22-16)9-5-11-23-18(26)13-14-12-15(21)7-8-17(14)25/h3-4,6-8,10,12,25H,11,13H2,1-2H3,(H,23,26)(H,24,27). The number of benzene rings is 1. The first kappa shape index (κ1) is 20.3. The number of carbonyl (C=O) groups is 2. The van der Waals surface area contributed by atoms with Crippen LogP contribution in [-0.2, 0) is 11.2 Å². The molecule has 2 rings (SSSR count). The van der Waals surface area contributed by atoms with Crippen LogP contribution in [0, 0.1) is 11.8 Å². The lowest BCUT2D eigenvalue weighted by Crippen LogP contribution is -2.42. The molecule has 1 aromatic carbocycles. The third kappa shape index (κ3) is 6.65. The molecule has 2 aromatic rings. The van der Waals surface area contributed by atoms with Gasteiger partial charge < -0.3 is 15.7 Å². The molecule has 0 bridgehead atoms. The van der Waals surface area contributed by atoms with Crippen molar-refractivity contribution in [3.63, 3.8) is 0 Å². The fourth-order valence-electron chi connectivity index (χ4n) is 2.22. The van der Waals surface area contributed by atoms with Crippen molar-refractivity contribution in [1.82, 2.24) is 15.6 Å². The Labute approximate surface area is 163 Å². The summed E-state index contributed by atoms with van der Waals surface area (Å²) in [6.07, 6.45) is 1.54. The largest absolute Gasteiger partial charge is 0.508 e. The molecule has 0 spiro atoms. The van der Waals surface area contributed by atoms with Gasteiger partial charge in [0, 0.05) is 16.8 Å². The predicted octanol–water partition coefficient (Wildman–Crippen LogP) is 2.31. The van der Waals surface area contributed by atoms with E-state index in [9.17, 15) is 14.7 Å². The molecule has 0 aliphatic carbocycles. The van der Waals surface area contributed by atoms with Gasteiger partial charge in [0.05, 0.1) is 18.5 Å². The topological polar surface area (TPSA) is 91.3 Å². The van der Waals surface area contributed by atoms with E-state index in [0.29, 0.717) is 16.3 Å². The van der Waals surface area contributed by atoms with Crippen LogP contribution in [0.3, 0.4) is 0 Å². The summed E-state index contributed by atoms with van der Waals surface area (Å²) >= 11 is 5.86. The van der Waals surface area contributed by atoms with E-state index >= 15 is 0 Å². The van der Waals surface area contributed by atoms with Gasteiger partial charge in [-0.3, -0.25) is 14.6 Å². The molecule has 0 aliphatic rings. The first-order chi connectivity index (χ1) is 12.8. The van der Waals surface area contributed by atoms with E-state index in [-0.39, 0.29) is 30.5 Å². The molecular weight excluding hydrogens is 366 g/mol. The molecule has 2 amide bonds. The van der Waals surface area contributed by atoms with Crippen LogP contribution in [0.15, 0.2) is 42.6 Å². The molecule has 0 saturated heterocycles. The number of nitrogens with one attached hydrogen (secondary N) is 2. The molecular formula is C20H20ClN3O3. The quantitative estimate of drug-likeness (QED) is 0.689. The van der Waals surface area contributed by atoms with Crippen molar-refractivity contribution in [3.8, 4) is 17.6 Å². The van der Waals surface area contributed by atoms with Gasteiger partial charge in [-0.2, -0.15) is 0 Å². The smallest absolute Gasteiger partial charge is 0.271 e. The van der Waals surface area contributed by atoms with Crippen molar-refractivity contribution >= 4 is 23.4 Å². The summed E-state index contributed by atoms with van der Waals surface area (Å²) in [5.41, 5.74) is -0.0391. The first-order valence-electron chi connectivity index (χ1n) is 8.24. The summed E-state index contributed by atoms with van der Waals surface area (Å²) in [7, 11) is 0. The van der Waals surface area contributed by atoms with Gasteiger partial charge in [0.2, 0.25) is 5.91 Å². The summed E-state index contributed by atoms with van der Waals surface area (Å²) in [6, 6.07) is 9.60. The Kier molecular flexibility index (Phi) is 6.80. The number of aromatic nitrogens is 1. The predicted molar refractivity (Wildman–Crippen MR) is 103 cm³/mol. The van der Waals surface area contributed by atoms with Gasteiger partial charge in [-0.25, -0.2) is 0 Å². The molecule has 7 heteroatoms.